The number of aromatic hydroxyl groups is 1. The number of halogens is 2. The molecule has 1 unspecified atom stereocenters. The molecule has 0 spiro atoms. The summed E-state index contributed by atoms with van der Waals surface area (Å²) in [5, 5.41) is 19.7. The summed E-state index contributed by atoms with van der Waals surface area (Å²) in [5.41, 5.74) is -0.403. The van der Waals surface area contributed by atoms with Crippen LogP contribution in [0, 0.1) is 11.6 Å². The molecule has 2 aliphatic rings. The third-order valence-corrected chi connectivity index (χ3v) is 7.58. The number of benzene rings is 1. The highest BCUT2D eigenvalue weighted by molar-refractivity contribution is 7.14. The maximum atomic E-state index is 14.4. The Morgan fingerprint density at radius 3 is 2.68 bits per heavy atom. The zero-order valence-corrected chi connectivity index (χ0v) is 19.3. The van der Waals surface area contributed by atoms with Crippen molar-refractivity contribution in [1.82, 2.24) is 19.7 Å². The van der Waals surface area contributed by atoms with Gasteiger partial charge in [0.2, 0.25) is 5.43 Å². The topological polar surface area (TPSA) is 97.5 Å². The number of ether oxygens (including phenoxy) is 1. The van der Waals surface area contributed by atoms with Crippen LogP contribution < -0.4 is 5.43 Å². The van der Waals surface area contributed by atoms with Gasteiger partial charge < -0.3 is 19.3 Å². The van der Waals surface area contributed by atoms with Gasteiger partial charge in [0.15, 0.2) is 16.5 Å². The van der Waals surface area contributed by atoms with E-state index in [9.17, 15) is 23.5 Å². The van der Waals surface area contributed by atoms with Crippen molar-refractivity contribution in [1.29, 1.82) is 0 Å². The first-order valence-corrected chi connectivity index (χ1v) is 11.8. The standard InChI is InChI=1S/C23H22F2N4O4S/c1-3-12(13-6-5-11(24)7-15(13)25)21-26-27-22(34-21)14-8-29-17-10-33-9-16(17)28(4-2)23(32)18(29)20(31)19(14)30/h5-8,12,16-17,31H,3-4,9-10H2,1-2H3/t12?,16-,17+/m0/s1. The molecule has 1 N–H and O–H groups in total. The van der Waals surface area contributed by atoms with E-state index < -0.39 is 34.6 Å². The Morgan fingerprint density at radius 1 is 1.21 bits per heavy atom. The molecule has 1 fully saturated rings. The maximum Gasteiger partial charge on any atom is 0.274 e. The van der Waals surface area contributed by atoms with Gasteiger partial charge in [-0.3, -0.25) is 9.59 Å². The number of hydrogen-bond donors (Lipinski definition) is 1. The number of carbonyl (C=O) groups is 1. The van der Waals surface area contributed by atoms with Crippen molar-refractivity contribution in [3.05, 3.63) is 62.5 Å². The molecule has 3 aromatic rings. The number of nitrogens with zero attached hydrogens (tertiary/aromatic N) is 4. The molecule has 1 saturated heterocycles. The number of hydrogen-bond acceptors (Lipinski definition) is 7. The van der Waals surface area contributed by atoms with E-state index >= 15 is 0 Å². The molecule has 2 aromatic heterocycles. The van der Waals surface area contributed by atoms with E-state index in [1.165, 1.54) is 18.3 Å². The summed E-state index contributed by atoms with van der Waals surface area (Å²) in [6.07, 6.45) is 2.01. The summed E-state index contributed by atoms with van der Waals surface area (Å²) in [6.45, 7) is 4.82. The smallest absolute Gasteiger partial charge is 0.274 e. The Bertz CT molecular complexity index is 1340. The molecule has 0 aliphatic carbocycles. The average Bonchev–Trinajstić information content (AvgIpc) is 3.48. The lowest BCUT2D eigenvalue weighted by molar-refractivity contribution is 0.0571. The van der Waals surface area contributed by atoms with Gasteiger partial charge in [0, 0.05) is 24.7 Å². The predicted molar refractivity (Wildman–Crippen MR) is 120 cm³/mol. The highest BCUT2D eigenvalue weighted by Crippen LogP contribution is 2.38. The molecular weight excluding hydrogens is 466 g/mol. The highest BCUT2D eigenvalue weighted by atomic mass is 32.1. The minimum Gasteiger partial charge on any atom is -0.503 e. The van der Waals surface area contributed by atoms with Crippen LogP contribution in [0.3, 0.4) is 0 Å². The van der Waals surface area contributed by atoms with Gasteiger partial charge >= 0.3 is 0 Å². The Morgan fingerprint density at radius 2 is 1.97 bits per heavy atom. The van der Waals surface area contributed by atoms with E-state index in [0.717, 1.165) is 17.4 Å². The van der Waals surface area contributed by atoms with Gasteiger partial charge in [-0.1, -0.05) is 24.3 Å². The molecule has 0 saturated carbocycles. The van der Waals surface area contributed by atoms with Gasteiger partial charge in [0.05, 0.1) is 30.9 Å². The van der Waals surface area contributed by atoms with Gasteiger partial charge in [0.1, 0.15) is 16.6 Å². The van der Waals surface area contributed by atoms with Crippen LogP contribution in [0.4, 0.5) is 8.78 Å². The quantitative estimate of drug-likeness (QED) is 0.592. The van der Waals surface area contributed by atoms with Crippen molar-refractivity contribution in [3.63, 3.8) is 0 Å². The fraction of sp³-hybridized carbons (Fsp3) is 0.391. The summed E-state index contributed by atoms with van der Waals surface area (Å²) in [4.78, 5) is 27.7. The number of fused-ring (bicyclic) bond motifs is 3. The van der Waals surface area contributed by atoms with E-state index in [2.05, 4.69) is 10.2 Å². The second kappa shape index (κ2) is 8.55. The van der Waals surface area contributed by atoms with Crippen LogP contribution in [0.15, 0.2) is 29.2 Å². The number of pyridine rings is 1. The molecule has 1 aromatic carbocycles. The molecule has 0 bridgehead atoms. The summed E-state index contributed by atoms with van der Waals surface area (Å²) in [5.74, 6) is -2.89. The lowest BCUT2D eigenvalue weighted by Gasteiger charge is -2.38. The first-order chi connectivity index (χ1) is 16.3. The Kier molecular flexibility index (Phi) is 5.68. The van der Waals surface area contributed by atoms with Crippen LogP contribution in [-0.2, 0) is 4.74 Å². The minimum absolute atomic E-state index is 0.0630. The lowest BCUT2D eigenvalue weighted by Crippen LogP contribution is -2.51. The van der Waals surface area contributed by atoms with Crippen LogP contribution in [0.5, 0.6) is 5.75 Å². The first-order valence-electron chi connectivity index (χ1n) is 11.0. The van der Waals surface area contributed by atoms with E-state index in [1.54, 1.807) is 9.47 Å². The second-order valence-corrected chi connectivity index (χ2v) is 9.32. The van der Waals surface area contributed by atoms with Gasteiger partial charge in [-0.25, -0.2) is 8.78 Å². The zero-order valence-electron chi connectivity index (χ0n) is 18.5. The SMILES string of the molecule is CCC(c1nnc(-c2cn3c(c(O)c2=O)C(=O)N(CC)[C@H]2COC[C@H]23)s1)c1ccc(F)cc1F. The van der Waals surface area contributed by atoms with Crippen molar-refractivity contribution in [3.8, 4) is 16.3 Å². The third kappa shape index (κ3) is 3.41. The Labute approximate surface area is 197 Å². The number of aromatic nitrogens is 3. The summed E-state index contributed by atoms with van der Waals surface area (Å²) in [7, 11) is 0. The van der Waals surface area contributed by atoms with Crippen molar-refractivity contribution >= 4 is 17.2 Å². The zero-order chi connectivity index (χ0) is 24.1. The molecular formula is C23H22F2N4O4S. The predicted octanol–water partition coefficient (Wildman–Crippen LogP) is 3.31. The van der Waals surface area contributed by atoms with Crippen molar-refractivity contribution < 1.29 is 23.4 Å². The average molecular weight is 489 g/mol. The molecule has 0 radical (unpaired) electrons. The Balaban J connectivity index is 1.59. The molecule has 3 atom stereocenters. The minimum atomic E-state index is -0.725. The van der Waals surface area contributed by atoms with E-state index in [-0.39, 0.29) is 33.9 Å². The highest BCUT2D eigenvalue weighted by Gasteiger charge is 2.44. The summed E-state index contributed by atoms with van der Waals surface area (Å²) < 4.78 is 35.0. The normalized spacial score (nSPS) is 20.4. The van der Waals surface area contributed by atoms with E-state index in [4.69, 9.17) is 4.74 Å². The number of amides is 1. The summed E-state index contributed by atoms with van der Waals surface area (Å²) >= 11 is 1.10. The number of likely N-dealkylation sites (N-methyl/N-ethyl adjacent to an activating group) is 1. The van der Waals surface area contributed by atoms with Crippen LogP contribution in [0.1, 0.15) is 53.3 Å². The second-order valence-electron chi connectivity index (χ2n) is 8.31. The molecule has 8 nitrogen and oxygen atoms in total. The largest absolute Gasteiger partial charge is 0.503 e. The van der Waals surface area contributed by atoms with E-state index in [0.29, 0.717) is 31.2 Å². The van der Waals surface area contributed by atoms with Gasteiger partial charge in [-0.15, -0.1) is 10.2 Å². The summed E-state index contributed by atoms with van der Waals surface area (Å²) in [6, 6.07) is 2.95. The van der Waals surface area contributed by atoms with Crippen LogP contribution in [-0.4, -0.2) is 56.5 Å². The fourth-order valence-corrected chi connectivity index (χ4v) is 5.85. The van der Waals surface area contributed by atoms with Crippen LogP contribution in [0.25, 0.3) is 10.6 Å². The maximum absolute atomic E-state index is 14.4. The molecule has 2 aliphatic heterocycles. The molecule has 4 heterocycles. The van der Waals surface area contributed by atoms with Gasteiger partial charge in [-0.2, -0.15) is 0 Å². The monoisotopic (exact) mass is 488 g/mol. The van der Waals surface area contributed by atoms with Crippen LogP contribution in [0.2, 0.25) is 0 Å². The number of rotatable bonds is 5. The molecule has 11 heteroatoms. The first kappa shape index (κ1) is 22.6. The molecule has 1 amide bonds. The van der Waals surface area contributed by atoms with Gasteiger partial charge in [0.25, 0.3) is 5.91 Å². The molecule has 5 rings (SSSR count). The third-order valence-electron chi connectivity index (χ3n) is 6.51. The molecule has 178 valence electrons. The molecule has 34 heavy (non-hydrogen) atoms. The van der Waals surface area contributed by atoms with Crippen molar-refractivity contribution in [2.45, 2.75) is 38.3 Å². The van der Waals surface area contributed by atoms with Crippen molar-refractivity contribution in [2.75, 3.05) is 19.8 Å². The van der Waals surface area contributed by atoms with Crippen LogP contribution >= 0.6 is 11.3 Å². The fourth-order valence-electron chi connectivity index (χ4n) is 4.80. The number of carbonyl (C=O) groups excluding carboxylic acids is 1. The van der Waals surface area contributed by atoms with Crippen molar-refractivity contribution in [2.24, 2.45) is 0 Å². The Hall–Kier alpha value is -3.18. The van der Waals surface area contributed by atoms with Gasteiger partial charge in [-0.05, 0) is 25.0 Å². The van der Waals surface area contributed by atoms with E-state index in [1.807, 2.05) is 13.8 Å². The lowest BCUT2D eigenvalue weighted by atomic mass is 9.97.